The van der Waals surface area contributed by atoms with Gasteiger partial charge in [-0.1, -0.05) is 26.3 Å². The van der Waals surface area contributed by atoms with E-state index >= 15 is 0 Å². The highest BCUT2D eigenvalue weighted by atomic mass is 32.2. The van der Waals surface area contributed by atoms with Gasteiger partial charge in [-0.3, -0.25) is 4.79 Å². The van der Waals surface area contributed by atoms with Crippen molar-refractivity contribution < 1.29 is 22.4 Å². The third kappa shape index (κ3) is 5.32. The molecule has 4 rings (SSSR count). The SMILES string of the molecule is CCCCOc1cccc(C(=O)N(Cc2ccc(C3CC3C)o2)C2CCS(=O)(=O)C2)c1. The molecule has 2 fully saturated rings. The number of carbonyl (C=O) groups is 1. The van der Waals surface area contributed by atoms with Crippen LogP contribution in [0.4, 0.5) is 0 Å². The van der Waals surface area contributed by atoms with Gasteiger partial charge in [-0.25, -0.2) is 8.42 Å². The topological polar surface area (TPSA) is 76.8 Å². The van der Waals surface area contributed by atoms with Gasteiger partial charge in [0.15, 0.2) is 9.84 Å². The van der Waals surface area contributed by atoms with Crippen molar-refractivity contribution in [3.8, 4) is 5.75 Å². The van der Waals surface area contributed by atoms with Crippen molar-refractivity contribution in [2.75, 3.05) is 18.1 Å². The molecule has 3 unspecified atom stereocenters. The number of hydrogen-bond donors (Lipinski definition) is 0. The number of nitrogens with zero attached hydrogens (tertiary/aromatic N) is 1. The highest BCUT2D eigenvalue weighted by Crippen LogP contribution is 2.47. The number of rotatable bonds is 9. The van der Waals surface area contributed by atoms with Crippen LogP contribution in [0.5, 0.6) is 5.75 Å². The predicted molar refractivity (Wildman–Crippen MR) is 119 cm³/mol. The maximum atomic E-state index is 13.5. The summed E-state index contributed by atoms with van der Waals surface area (Å²) < 4.78 is 36.0. The molecule has 1 saturated heterocycles. The Kier molecular flexibility index (Phi) is 6.42. The largest absolute Gasteiger partial charge is 0.494 e. The molecule has 2 aliphatic rings. The predicted octanol–water partition coefficient (Wildman–Crippen LogP) is 4.41. The summed E-state index contributed by atoms with van der Waals surface area (Å²) in [7, 11) is -3.13. The van der Waals surface area contributed by atoms with Gasteiger partial charge in [-0.05, 0) is 55.5 Å². The summed E-state index contributed by atoms with van der Waals surface area (Å²) in [5, 5.41) is 0. The molecular formula is C24H31NO5S. The number of amides is 1. The minimum Gasteiger partial charge on any atom is -0.494 e. The zero-order chi connectivity index (χ0) is 22.0. The van der Waals surface area contributed by atoms with Crippen molar-refractivity contribution in [3.63, 3.8) is 0 Å². The second kappa shape index (κ2) is 9.07. The lowest BCUT2D eigenvalue weighted by Crippen LogP contribution is -2.40. The van der Waals surface area contributed by atoms with Gasteiger partial charge in [-0.15, -0.1) is 0 Å². The van der Waals surface area contributed by atoms with Crippen LogP contribution in [0.3, 0.4) is 0 Å². The first kappa shape index (κ1) is 21.9. The van der Waals surface area contributed by atoms with Gasteiger partial charge in [0.2, 0.25) is 0 Å². The van der Waals surface area contributed by atoms with E-state index < -0.39 is 9.84 Å². The highest BCUT2D eigenvalue weighted by molar-refractivity contribution is 7.91. The Morgan fingerprint density at radius 3 is 2.74 bits per heavy atom. The second-order valence-corrected chi connectivity index (χ2v) is 11.1. The van der Waals surface area contributed by atoms with Gasteiger partial charge in [0.1, 0.15) is 17.3 Å². The van der Waals surface area contributed by atoms with E-state index in [0.29, 0.717) is 41.9 Å². The molecule has 1 aromatic heterocycles. The zero-order valence-electron chi connectivity index (χ0n) is 18.2. The Morgan fingerprint density at radius 2 is 2.06 bits per heavy atom. The van der Waals surface area contributed by atoms with Crippen molar-refractivity contribution in [2.45, 2.75) is 58.0 Å². The molecule has 0 bridgehead atoms. The summed E-state index contributed by atoms with van der Waals surface area (Å²) >= 11 is 0. The van der Waals surface area contributed by atoms with E-state index in [1.165, 1.54) is 0 Å². The first-order valence-electron chi connectivity index (χ1n) is 11.2. The van der Waals surface area contributed by atoms with Crippen LogP contribution >= 0.6 is 0 Å². The Hall–Kier alpha value is -2.28. The van der Waals surface area contributed by atoms with Crippen LogP contribution < -0.4 is 4.74 Å². The molecule has 1 amide bonds. The lowest BCUT2D eigenvalue weighted by atomic mass is 10.1. The monoisotopic (exact) mass is 445 g/mol. The van der Waals surface area contributed by atoms with Crippen molar-refractivity contribution >= 4 is 15.7 Å². The minimum atomic E-state index is -3.13. The maximum Gasteiger partial charge on any atom is 0.254 e. The van der Waals surface area contributed by atoms with E-state index in [2.05, 4.69) is 13.8 Å². The molecule has 1 aliphatic heterocycles. The zero-order valence-corrected chi connectivity index (χ0v) is 19.1. The van der Waals surface area contributed by atoms with E-state index in [0.717, 1.165) is 25.0 Å². The van der Waals surface area contributed by atoms with Crippen molar-refractivity contribution in [1.29, 1.82) is 0 Å². The molecule has 0 radical (unpaired) electrons. The highest BCUT2D eigenvalue weighted by Gasteiger charge is 2.38. The van der Waals surface area contributed by atoms with Gasteiger partial charge < -0.3 is 14.1 Å². The van der Waals surface area contributed by atoms with E-state index in [4.69, 9.17) is 9.15 Å². The lowest BCUT2D eigenvalue weighted by Gasteiger charge is -2.27. The molecule has 1 saturated carbocycles. The van der Waals surface area contributed by atoms with Crippen LogP contribution in [-0.4, -0.2) is 43.4 Å². The van der Waals surface area contributed by atoms with Crippen LogP contribution in [0.2, 0.25) is 0 Å². The van der Waals surface area contributed by atoms with Crippen LogP contribution in [0, 0.1) is 5.92 Å². The standard InChI is InChI=1S/C24H31NO5S/c1-3-4-11-29-20-7-5-6-18(14-20)24(26)25(19-10-12-31(27,28)16-19)15-21-8-9-23(30-21)22-13-17(22)2/h5-9,14,17,19,22H,3-4,10-13,15-16H2,1-2H3. The third-order valence-corrected chi connectivity index (χ3v) is 7.99. The van der Waals surface area contributed by atoms with Crippen molar-refractivity contribution in [3.05, 3.63) is 53.5 Å². The molecule has 1 aromatic carbocycles. The molecule has 6 nitrogen and oxygen atoms in total. The number of sulfone groups is 1. The summed E-state index contributed by atoms with van der Waals surface area (Å²) in [5.41, 5.74) is 0.501. The van der Waals surface area contributed by atoms with Gasteiger partial charge in [0.25, 0.3) is 5.91 Å². The third-order valence-electron chi connectivity index (χ3n) is 6.24. The average Bonchev–Trinajstić information content (AvgIpc) is 3.12. The number of furan rings is 1. The van der Waals surface area contributed by atoms with E-state index in [1.54, 1.807) is 23.1 Å². The Labute approximate surface area is 184 Å². The van der Waals surface area contributed by atoms with Gasteiger partial charge in [0, 0.05) is 17.5 Å². The van der Waals surface area contributed by atoms with Gasteiger partial charge >= 0.3 is 0 Å². The van der Waals surface area contributed by atoms with Crippen LogP contribution in [0.25, 0.3) is 0 Å². The summed E-state index contributed by atoms with van der Waals surface area (Å²) in [5.74, 6) is 3.32. The molecule has 2 aromatic rings. The first-order valence-corrected chi connectivity index (χ1v) is 13.0. The molecular weight excluding hydrogens is 414 g/mol. The Bertz CT molecular complexity index is 1030. The number of benzene rings is 1. The smallest absolute Gasteiger partial charge is 0.254 e. The van der Waals surface area contributed by atoms with Gasteiger partial charge in [0.05, 0.1) is 24.7 Å². The van der Waals surface area contributed by atoms with Crippen molar-refractivity contribution in [1.82, 2.24) is 4.90 Å². The molecule has 0 spiro atoms. The summed E-state index contributed by atoms with van der Waals surface area (Å²) in [4.78, 5) is 15.1. The summed E-state index contributed by atoms with van der Waals surface area (Å²) in [6.45, 7) is 5.16. The van der Waals surface area contributed by atoms with Crippen molar-refractivity contribution in [2.24, 2.45) is 5.92 Å². The molecule has 2 heterocycles. The molecule has 31 heavy (non-hydrogen) atoms. The molecule has 7 heteroatoms. The maximum absolute atomic E-state index is 13.5. The fraction of sp³-hybridized carbons (Fsp3) is 0.542. The van der Waals surface area contributed by atoms with Crippen LogP contribution in [-0.2, 0) is 16.4 Å². The van der Waals surface area contributed by atoms with Crippen LogP contribution in [0.15, 0.2) is 40.8 Å². The second-order valence-electron chi connectivity index (χ2n) is 8.84. The number of ether oxygens (including phenoxy) is 1. The van der Waals surface area contributed by atoms with E-state index in [-0.39, 0.29) is 30.0 Å². The molecule has 1 aliphatic carbocycles. The average molecular weight is 446 g/mol. The summed E-state index contributed by atoms with van der Waals surface area (Å²) in [6.07, 6.45) is 3.56. The van der Waals surface area contributed by atoms with E-state index in [9.17, 15) is 13.2 Å². The molecule has 3 atom stereocenters. The Morgan fingerprint density at radius 1 is 1.26 bits per heavy atom. The number of unbranched alkanes of at least 4 members (excludes halogenated alkanes) is 1. The number of hydrogen-bond acceptors (Lipinski definition) is 5. The normalized spacial score (nSPS) is 24.1. The fourth-order valence-corrected chi connectivity index (χ4v) is 5.90. The van der Waals surface area contributed by atoms with Crippen LogP contribution in [0.1, 0.15) is 67.3 Å². The Balaban J connectivity index is 1.54. The quantitative estimate of drug-likeness (QED) is 0.534. The lowest BCUT2D eigenvalue weighted by molar-refractivity contribution is 0.0664. The first-order chi connectivity index (χ1) is 14.9. The van der Waals surface area contributed by atoms with E-state index in [1.807, 2.05) is 18.2 Å². The van der Waals surface area contributed by atoms with Gasteiger partial charge in [-0.2, -0.15) is 0 Å². The summed E-state index contributed by atoms with van der Waals surface area (Å²) in [6, 6.07) is 10.7. The molecule has 0 N–H and O–H groups in total. The minimum absolute atomic E-state index is 0.00133. The fourth-order valence-electron chi connectivity index (χ4n) is 4.17. The number of carbonyl (C=O) groups excluding carboxylic acids is 1. The molecule has 168 valence electrons.